The number of nitrogens with zero attached hydrogens (tertiary/aromatic N) is 5. The molecule has 0 atom stereocenters. The second-order valence-corrected chi connectivity index (χ2v) is 8.03. The molecule has 0 unspecified atom stereocenters. The summed E-state index contributed by atoms with van der Waals surface area (Å²) in [6.45, 7) is 0. The minimum absolute atomic E-state index is 0.329. The van der Waals surface area contributed by atoms with E-state index in [4.69, 9.17) is 10.7 Å². The number of rotatable bonds is 5. The summed E-state index contributed by atoms with van der Waals surface area (Å²) < 4.78 is 1.98. The zero-order valence-corrected chi connectivity index (χ0v) is 15.6. The largest absolute Gasteiger partial charge is 0.351 e. The Kier molecular flexibility index (Phi) is 4.07. The van der Waals surface area contributed by atoms with E-state index in [0.717, 1.165) is 60.4 Å². The van der Waals surface area contributed by atoms with Crippen molar-refractivity contribution in [2.24, 2.45) is 18.7 Å². The molecule has 3 heterocycles. The summed E-state index contributed by atoms with van der Waals surface area (Å²) in [4.78, 5) is 17.1. The van der Waals surface area contributed by atoms with Gasteiger partial charge in [0.2, 0.25) is 5.95 Å². The Morgan fingerprint density at radius 2 is 2.00 bits per heavy atom. The highest BCUT2D eigenvalue weighted by Gasteiger charge is 2.27. The normalized spacial score (nSPS) is 23.0. The van der Waals surface area contributed by atoms with Gasteiger partial charge in [0.15, 0.2) is 5.65 Å². The molecule has 0 radical (unpaired) electrons. The van der Waals surface area contributed by atoms with Crippen molar-refractivity contribution >= 4 is 17.1 Å². The van der Waals surface area contributed by atoms with E-state index in [9.17, 15) is 0 Å². The predicted octanol–water partition coefficient (Wildman–Crippen LogP) is 2.39. The van der Waals surface area contributed by atoms with Crippen LogP contribution in [0.4, 0.5) is 5.95 Å². The summed E-state index contributed by atoms with van der Waals surface area (Å²) in [5.74, 6) is 1.43. The molecule has 0 spiro atoms. The number of imidazole rings is 1. The lowest BCUT2D eigenvalue weighted by atomic mass is 9.92. The van der Waals surface area contributed by atoms with Crippen molar-refractivity contribution in [2.45, 2.75) is 57.0 Å². The van der Waals surface area contributed by atoms with Crippen LogP contribution in [-0.4, -0.2) is 41.8 Å². The van der Waals surface area contributed by atoms with Crippen LogP contribution in [0.25, 0.3) is 22.4 Å². The van der Waals surface area contributed by atoms with E-state index in [2.05, 4.69) is 25.4 Å². The van der Waals surface area contributed by atoms with E-state index in [0.29, 0.717) is 18.0 Å². The Labute approximate surface area is 158 Å². The van der Waals surface area contributed by atoms with Gasteiger partial charge >= 0.3 is 0 Å². The van der Waals surface area contributed by atoms with Crippen LogP contribution in [0, 0.1) is 5.92 Å². The molecule has 2 aliphatic rings. The summed E-state index contributed by atoms with van der Waals surface area (Å²) in [7, 11) is 2.01. The lowest BCUT2D eigenvalue weighted by Gasteiger charge is -2.26. The minimum Gasteiger partial charge on any atom is -0.351 e. The maximum atomic E-state index is 6.03. The van der Waals surface area contributed by atoms with Gasteiger partial charge < -0.3 is 16.0 Å². The van der Waals surface area contributed by atoms with Crippen LogP contribution >= 0.6 is 0 Å². The van der Waals surface area contributed by atoms with E-state index >= 15 is 0 Å². The van der Waals surface area contributed by atoms with Crippen LogP contribution in [0.3, 0.4) is 0 Å². The first-order valence-corrected chi connectivity index (χ1v) is 9.92. The summed E-state index contributed by atoms with van der Waals surface area (Å²) in [6.07, 6.45) is 11.5. The lowest BCUT2D eigenvalue weighted by molar-refractivity contribution is 0.410. The molecule has 8 heteroatoms. The summed E-state index contributed by atoms with van der Waals surface area (Å²) in [5.41, 5.74) is 10.8. The highest BCUT2D eigenvalue weighted by atomic mass is 15.3. The number of aromatic amines is 1. The summed E-state index contributed by atoms with van der Waals surface area (Å²) in [6, 6.07) is 0.702. The number of H-pyrrole nitrogens is 1. The van der Waals surface area contributed by atoms with Gasteiger partial charge in [0.05, 0.1) is 12.5 Å². The van der Waals surface area contributed by atoms with Gasteiger partial charge in [-0.1, -0.05) is 0 Å². The fourth-order valence-electron chi connectivity index (χ4n) is 4.03. The Balaban J connectivity index is 1.51. The summed E-state index contributed by atoms with van der Waals surface area (Å²) >= 11 is 0. The molecule has 4 N–H and O–H groups in total. The maximum absolute atomic E-state index is 6.03. The van der Waals surface area contributed by atoms with Crippen molar-refractivity contribution < 1.29 is 0 Å². The molecule has 5 rings (SSSR count). The number of hydrogen-bond donors (Lipinski definition) is 3. The molecule has 0 aliphatic heterocycles. The van der Waals surface area contributed by atoms with Gasteiger partial charge in [-0.2, -0.15) is 10.1 Å². The molecular weight excluding hydrogens is 340 g/mol. The second-order valence-electron chi connectivity index (χ2n) is 8.03. The maximum Gasteiger partial charge on any atom is 0.225 e. The SMILES string of the molecule is Cn1ncc(-c2nc(N[C@H]3CC[C@H](N)CC3)nc3[nH]cnc23)c1CC1CC1. The zero-order chi connectivity index (χ0) is 18.4. The number of aryl methyl sites for hydroxylation is 1. The fraction of sp³-hybridized carbons (Fsp3) is 0.579. The predicted molar refractivity (Wildman–Crippen MR) is 104 cm³/mol. The Hall–Kier alpha value is -2.48. The smallest absolute Gasteiger partial charge is 0.225 e. The van der Waals surface area contributed by atoms with Gasteiger partial charge in [-0.3, -0.25) is 4.68 Å². The van der Waals surface area contributed by atoms with Crippen molar-refractivity contribution in [3.8, 4) is 11.3 Å². The third-order valence-electron chi connectivity index (χ3n) is 5.88. The van der Waals surface area contributed by atoms with E-state index < -0.39 is 0 Å². The molecular formula is C19H26N8. The average Bonchev–Trinajstić information content (AvgIpc) is 3.23. The number of nitrogens with two attached hydrogens (primary N) is 1. The Bertz CT molecular complexity index is 946. The van der Waals surface area contributed by atoms with E-state index in [1.54, 1.807) is 6.33 Å². The van der Waals surface area contributed by atoms with Crippen molar-refractivity contribution in [2.75, 3.05) is 5.32 Å². The highest BCUT2D eigenvalue weighted by molar-refractivity contribution is 5.88. The molecule has 0 bridgehead atoms. The molecule has 2 fully saturated rings. The first-order chi connectivity index (χ1) is 13.2. The van der Waals surface area contributed by atoms with Crippen molar-refractivity contribution in [3.05, 3.63) is 18.2 Å². The van der Waals surface area contributed by atoms with E-state index in [-0.39, 0.29) is 0 Å². The number of fused-ring (bicyclic) bond motifs is 1. The average molecular weight is 366 g/mol. The summed E-state index contributed by atoms with van der Waals surface area (Å²) in [5, 5.41) is 8.02. The van der Waals surface area contributed by atoms with Crippen LogP contribution in [-0.2, 0) is 13.5 Å². The topological polar surface area (TPSA) is 110 Å². The van der Waals surface area contributed by atoms with Crippen molar-refractivity contribution in [1.82, 2.24) is 29.7 Å². The number of aromatic nitrogens is 6. The fourth-order valence-corrected chi connectivity index (χ4v) is 4.03. The number of nitrogens with one attached hydrogen (secondary N) is 2. The van der Waals surface area contributed by atoms with E-state index in [1.807, 2.05) is 17.9 Å². The molecule has 27 heavy (non-hydrogen) atoms. The Morgan fingerprint density at radius 3 is 2.78 bits per heavy atom. The Morgan fingerprint density at radius 1 is 1.19 bits per heavy atom. The molecule has 0 saturated heterocycles. The third-order valence-corrected chi connectivity index (χ3v) is 5.88. The first-order valence-electron chi connectivity index (χ1n) is 9.92. The van der Waals surface area contributed by atoms with Gasteiger partial charge in [-0.25, -0.2) is 9.97 Å². The van der Waals surface area contributed by atoms with Gasteiger partial charge in [-0.15, -0.1) is 0 Å². The molecule has 3 aromatic heterocycles. The van der Waals surface area contributed by atoms with Gasteiger partial charge in [0.25, 0.3) is 0 Å². The number of hydrogen-bond acceptors (Lipinski definition) is 6. The first kappa shape index (κ1) is 16.7. The van der Waals surface area contributed by atoms with Gasteiger partial charge in [0.1, 0.15) is 11.2 Å². The zero-order valence-electron chi connectivity index (χ0n) is 15.6. The number of anilines is 1. The molecule has 0 aromatic carbocycles. The highest BCUT2D eigenvalue weighted by Crippen LogP contribution is 2.36. The van der Waals surface area contributed by atoms with Crippen molar-refractivity contribution in [3.63, 3.8) is 0 Å². The van der Waals surface area contributed by atoms with Gasteiger partial charge in [0, 0.05) is 30.4 Å². The van der Waals surface area contributed by atoms with E-state index in [1.165, 1.54) is 18.5 Å². The second kappa shape index (κ2) is 6.60. The monoisotopic (exact) mass is 366 g/mol. The standard InChI is InChI=1S/C19H26N8/c1-27-15(8-11-2-3-11)14(9-23-27)16-17-18(22-10-21-17)26-19(25-16)24-13-6-4-12(20)5-7-13/h9-13H,2-8,20H2,1H3,(H2,21,22,24,25,26)/t12-,13-. The molecule has 0 amide bonds. The van der Waals surface area contributed by atoms with Crippen LogP contribution < -0.4 is 11.1 Å². The van der Waals surface area contributed by atoms with Crippen LogP contribution in [0.5, 0.6) is 0 Å². The molecule has 8 nitrogen and oxygen atoms in total. The van der Waals surface area contributed by atoms with Gasteiger partial charge in [-0.05, 0) is 50.9 Å². The van der Waals surface area contributed by atoms with Crippen LogP contribution in [0.15, 0.2) is 12.5 Å². The molecule has 3 aromatic rings. The van der Waals surface area contributed by atoms with Crippen LogP contribution in [0.1, 0.15) is 44.2 Å². The lowest BCUT2D eigenvalue weighted by Crippen LogP contribution is -2.33. The van der Waals surface area contributed by atoms with Crippen molar-refractivity contribution in [1.29, 1.82) is 0 Å². The third kappa shape index (κ3) is 3.29. The minimum atomic E-state index is 0.329. The molecule has 142 valence electrons. The quantitative estimate of drug-likeness (QED) is 0.639. The molecule has 2 saturated carbocycles. The van der Waals surface area contributed by atoms with Crippen LogP contribution in [0.2, 0.25) is 0 Å². The molecule has 2 aliphatic carbocycles.